The van der Waals surface area contributed by atoms with Crippen LogP contribution in [-0.4, -0.2) is 67.7 Å². The van der Waals surface area contributed by atoms with E-state index in [1.54, 1.807) is 21.1 Å². The maximum atomic E-state index is 12.2. The van der Waals surface area contributed by atoms with Crippen LogP contribution in [-0.2, 0) is 16.1 Å². The van der Waals surface area contributed by atoms with Gasteiger partial charge < -0.3 is 14.4 Å². The van der Waals surface area contributed by atoms with Crippen molar-refractivity contribution in [2.75, 3.05) is 47.0 Å². The number of aryl methyl sites for hydroxylation is 1. The van der Waals surface area contributed by atoms with Gasteiger partial charge in [-0.1, -0.05) is 24.3 Å². The number of hydrogen-bond donors (Lipinski definition) is 0. The molecule has 1 amide bonds. The van der Waals surface area contributed by atoms with Crippen LogP contribution in [0.15, 0.2) is 42.5 Å². The van der Waals surface area contributed by atoms with Crippen molar-refractivity contribution in [3.8, 4) is 5.75 Å². The van der Waals surface area contributed by atoms with Crippen LogP contribution in [0.25, 0.3) is 0 Å². The van der Waals surface area contributed by atoms with E-state index in [0.717, 1.165) is 36.8 Å². The molecule has 0 radical (unpaired) electrons. The Bertz CT molecular complexity index is 842. The summed E-state index contributed by atoms with van der Waals surface area (Å²) >= 11 is 0. The Kier molecular flexibility index (Phi) is 7.82. The Hall–Kier alpha value is -2.44. The number of amides is 1. The van der Waals surface area contributed by atoms with Gasteiger partial charge in [0.1, 0.15) is 5.75 Å². The van der Waals surface area contributed by atoms with Gasteiger partial charge in [0.2, 0.25) is 5.91 Å². The van der Waals surface area contributed by atoms with Crippen molar-refractivity contribution in [2.24, 2.45) is 5.92 Å². The largest absolute Gasteiger partial charge is 0.496 e. The lowest BCUT2D eigenvalue weighted by molar-refractivity contribution is -0.130. The van der Waals surface area contributed by atoms with Gasteiger partial charge in [-0.05, 0) is 36.6 Å². The summed E-state index contributed by atoms with van der Waals surface area (Å²) in [6, 6.07) is 14.4. The smallest absolute Gasteiger partial charge is 0.219 e. The molecule has 2 atom stereocenters. The standard InChI is InChI=1S/C24H33N3O3/c1-18-8-7-9-21(25-18)16-26-14-20(15-27(19(2)28)12-13-29-3)23(17-26)22-10-5-6-11-24(22)30-4/h5-11,20,23H,12-17H2,1-4H3. The van der Waals surface area contributed by atoms with E-state index < -0.39 is 0 Å². The first kappa shape index (κ1) is 22.2. The molecule has 1 saturated heterocycles. The zero-order valence-corrected chi connectivity index (χ0v) is 18.5. The second-order valence-electron chi connectivity index (χ2n) is 8.03. The second kappa shape index (κ2) is 10.5. The first-order valence-electron chi connectivity index (χ1n) is 10.5. The molecule has 0 aliphatic carbocycles. The lowest BCUT2D eigenvalue weighted by Gasteiger charge is -2.28. The summed E-state index contributed by atoms with van der Waals surface area (Å²) in [6.07, 6.45) is 0. The van der Waals surface area contributed by atoms with Crippen LogP contribution in [0.4, 0.5) is 0 Å². The Morgan fingerprint density at radius 1 is 1.17 bits per heavy atom. The summed E-state index contributed by atoms with van der Waals surface area (Å²) in [5.74, 6) is 1.60. The summed E-state index contributed by atoms with van der Waals surface area (Å²) < 4.78 is 10.9. The maximum Gasteiger partial charge on any atom is 0.219 e. The fourth-order valence-corrected chi connectivity index (χ4v) is 4.38. The summed E-state index contributed by atoms with van der Waals surface area (Å²) in [5, 5.41) is 0. The molecule has 1 aliphatic rings. The molecule has 0 saturated carbocycles. The van der Waals surface area contributed by atoms with Crippen LogP contribution in [0.2, 0.25) is 0 Å². The van der Waals surface area contributed by atoms with Crippen LogP contribution >= 0.6 is 0 Å². The Morgan fingerprint density at radius 3 is 2.67 bits per heavy atom. The molecule has 1 aromatic carbocycles. The van der Waals surface area contributed by atoms with Gasteiger partial charge in [-0.2, -0.15) is 0 Å². The van der Waals surface area contributed by atoms with Gasteiger partial charge in [0, 0.05) is 58.4 Å². The van der Waals surface area contributed by atoms with Crippen molar-refractivity contribution < 1.29 is 14.3 Å². The van der Waals surface area contributed by atoms with Gasteiger partial charge in [-0.15, -0.1) is 0 Å². The van der Waals surface area contributed by atoms with Gasteiger partial charge in [-0.3, -0.25) is 14.7 Å². The van der Waals surface area contributed by atoms with Gasteiger partial charge in [0.25, 0.3) is 0 Å². The number of rotatable bonds is 9. The first-order chi connectivity index (χ1) is 14.5. The number of para-hydroxylation sites is 1. The van der Waals surface area contributed by atoms with E-state index >= 15 is 0 Å². The zero-order chi connectivity index (χ0) is 21.5. The monoisotopic (exact) mass is 411 g/mol. The van der Waals surface area contributed by atoms with E-state index in [1.165, 1.54) is 5.56 Å². The van der Waals surface area contributed by atoms with Crippen LogP contribution in [0, 0.1) is 12.8 Å². The van der Waals surface area contributed by atoms with Crippen LogP contribution < -0.4 is 4.74 Å². The molecule has 1 aliphatic heterocycles. The number of carbonyl (C=O) groups is 1. The van der Waals surface area contributed by atoms with Crippen molar-refractivity contribution in [3.63, 3.8) is 0 Å². The molecule has 3 rings (SSSR count). The average Bonchev–Trinajstić information content (AvgIpc) is 3.12. The van der Waals surface area contributed by atoms with Crippen LogP contribution in [0.1, 0.15) is 29.8 Å². The van der Waals surface area contributed by atoms with Crippen molar-refractivity contribution in [1.29, 1.82) is 0 Å². The molecule has 2 heterocycles. The van der Waals surface area contributed by atoms with E-state index in [-0.39, 0.29) is 11.8 Å². The highest BCUT2D eigenvalue weighted by Gasteiger charge is 2.36. The highest BCUT2D eigenvalue weighted by atomic mass is 16.5. The van der Waals surface area contributed by atoms with Crippen molar-refractivity contribution in [2.45, 2.75) is 26.3 Å². The molecular weight excluding hydrogens is 378 g/mol. The van der Waals surface area contributed by atoms with Crippen molar-refractivity contribution in [3.05, 3.63) is 59.4 Å². The number of nitrogens with zero attached hydrogens (tertiary/aromatic N) is 3. The van der Waals surface area contributed by atoms with E-state index in [4.69, 9.17) is 9.47 Å². The number of methoxy groups -OCH3 is 2. The molecular formula is C24H33N3O3. The van der Waals surface area contributed by atoms with Crippen LogP contribution in [0.5, 0.6) is 5.75 Å². The minimum absolute atomic E-state index is 0.0876. The Balaban J connectivity index is 1.83. The number of hydrogen-bond acceptors (Lipinski definition) is 5. The Morgan fingerprint density at radius 2 is 1.97 bits per heavy atom. The van der Waals surface area contributed by atoms with Gasteiger partial charge in [-0.25, -0.2) is 0 Å². The SMILES string of the molecule is COCCN(CC1CN(Cc2cccc(C)n2)CC1c1ccccc1OC)C(C)=O. The molecule has 6 nitrogen and oxygen atoms in total. The number of likely N-dealkylation sites (tertiary alicyclic amines) is 1. The van der Waals surface area contributed by atoms with E-state index in [1.807, 2.05) is 30.0 Å². The maximum absolute atomic E-state index is 12.2. The highest BCUT2D eigenvalue weighted by Crippen LogP contribution is 2.38. The van der Waals surface area contributed by atoms with Crippen molar-refractivity contribution >= 4 is 5.91 Å². The summed E-state index contributed by atoms with van der Waals surface area (Å²) in [6.45, 7) is 8.15. The minimum atomic E-state index is 0.0876. The fourth-order valence-electron chi connectivity index (χ4n) is 4.38. The molecule has 0 bridgehead atoms. The average molecular weight is 412 g/mol. The highest BCUT2D eigenvalue weighted by molar-refractivity contribution is 5.73. The predicted molar refractivity (Wildman–Crippen MR) is 118 cm³/mol. The molecule has 0 spiro atoms. The lowest BCUT2D eigenvalue weighted by Crippen LogP contribution is -2.38. The van der Waals surface area contributed by atoms with Crippen LogP contribution in [0.3, 0.4) is 0 Å². The fraction of sp³-hybridized carbons (Fsp3) is 0.500. The second-order valence-corrected chi connectivity index (χ2v) is 8.03. The molecule has 0 N–H and O–H groups in total. The number of ether oxygens (including phenoxy) is 2. The zero-order valence-electron chi connectivity index (χ0n) is 18.5. The number of pyridine rings is 1. The Labute approximate surface area is 179 Å². The molecule has 6 heteroatoms. The molecule has 1 fully saturated rings. The van der Waals surface area contributed by atoms with E-state index in [0.29, 0.717) is 25.6 Å². The lowest BCUT2D eigenvalue weighted by atomic mass is 9.88. The van der Waals surface area contributed by atoms with Gasteiger partial charge in [0.05, 0.1) is 19.4 Å². The third-order valence-electron chi connectivity index (χ3n) is 5.85. The van der Waals surface area contributed by atoms with E-state index in [9.17, 15) is 4.79 Å². The predicted octanol–water partition coefficient (Wildman–Crippen LogP) is 3.11. The summed E-state index contributed by atoms with van der Waals surface area (Å²) in [5.41, 5.74) is 3.32. The van der Waals surface area contributed by atoms with E-state index in [2.05, 4.69) is 34.1 Å². The molecule has 30 heavy (non-hydrogen) atoms. The third-order valence-corrected chi connectivity index (χ3v) is 5.85. The minimum Gasteiger partial charge on any atom is -0.496 e. The number of aromatic nitrogens is 1. The molecule has 2 aromatic rings. The van der Waals surface area contributed by atoms with Gasteiger partial charge in [0.15, 0.2) is 0 Å². The van der Waals surface area contributed by atoms with Gasteiger partial charge >= 0.3 is 0 Å². The third kappa shape index (κ3) is 5.58. The number of carbonyl (C=O) groups excluding carboxylic acids is 1. The summed E-state index contributed by atoms with van der Waals surface area (Å²) in [4.78, 5) is 21.3. The normalized spacial score (nSPS) is 19.1. The van der Waals surface area contributed by atoms with Crippen molar-refractivity contribution in [1.82, 2.24) is 14.8 Å². The first-order valence-corrected chi connectivity index (χ1v) is 10.5. The quantitative estimate of drug-likeness (QED) is 0.635. The number of benzene rings is 1. The topological polar surface area (TPSA) is 54.9 Å². The summed E-state index contributed by atoms with van der Waals surface area (Å²) in [7, 11) is 3.39. The molecule has 162 valence electrons. The molecule has 1 aromatic heterocycles. The molecule has 2 unspecified atom stereocenters.